The number of hydrogen-bond donors (Lipinski definition) is 6. The molecule has 2 aliphatic rings. The molecule has 45 heavy (non-hydrogen) atoms. The molecular formula is C32H37ClN6O6. The van der Waals surface area contributed by atoms with Crippen LogP contribution in [0.4, 0.5) is 5.69 Å². The number of hydrogen-bond acceptors (Lipinski definition) is 10. The Hall–Kier alpha value is -4.36. The van der Waals surface area contributed by atoms with Crippen molar-refractivity contribution in [1.82, 2.24) is 21.5 Å². The molecule has 0 bridgehead atoms. The number of aliphatic imine (C=N–C) groups is 1. The topological polar surface area (TPSA) is 157 Å². The number of carbonyl (C=O) groups excluding carboxylic acids is 2. The molecular weight excluding hydrogens is 600 g/mol. The lowest BCUT2D eigenvalue weighted by atomic mass is 9.99. The van der Waals surface area contributed by atoms with E-state index < -0.39 is 0 Å². The average Bonchev–Trinajstić information content (AvgIpc) is 3.35. The van der Waals surface area contributed by atoms with Gasteiger partial charge in [0.25, 0.3) is 5.91 Å². The molecule has 3 unspecified atom stereocenters. The molecule has 2 heterocycles. The molecule has 3 aromatic carbocycles. The van der Waals surface area contributed by atoms with Gasteiger partial charge in [0.1, 0.15) is 18.5 Å². The van der Waals surface area contributed by atoms with E-state index in [1.54, 1.807) is 0 Å². The predicted octanol–water partition coefficient (Wildman–Crippen LogP) is 2.91. The molecule has 0 aromatic heterocycles. The van der Waals surface area contributed by atoms with E-state index in [1.807, 2.05) is 56.3 Å². The summed E-state index contributed by atoms with van der Waals surface area (Å²) >= 11 is 6.21. The van der Waals surface area contributed by atoms with Gasteiger partial charge in [-0.2, -0.15) is 0 Å². The number of anilines is 1. The van der Waals surface area contributed by atoms with Gasteiger partial charge in [-0.05, 0) is 62.4 Å². The number of amides is 2. The molecule has 0 saturated carbocycles. The van der Waals surface area contributed by atoms with Gasteiger partial charge in [-0.25, -0.2) is 10.9 Å². The Morgan fingerprint density at radius 1 is 0.978 bits per heavy atom. The largest absolute Gasteiger partial charge is 0.504 e. The summed E-state index contributed by atoms with van der Waals surface area (Å²) in [7, 11) is 0. The summed E-state index contributed by atoms with van der Waals surface area (Å²) in [6.45, 7) is 5.57. The summed E-state index contributed by atoms with van der Waals surface area (Å²) in [4.78, 5) is 32.3. The lowest BCUT2D eigenvalue weighted by molar-refractivity contribution is -0.121. The molecule has 6 N–H and O–H groups in total. The van der Waals surface area contributed by atoms with E-state index in [1.165, 1.54) is 18.2 Å². The van der Waals surface area contributed by atoms with Crippen LogP contribution in [0, 0.1) is 0 Å². The second-order valence-electron chi connectivity index (χ2n) is 10.6. The third-order valence-corrected chi connectivity index (χ3v) is 7.72. The first-order valence-electron chi connectivity index (χ1n) is 14.8. The summed E-state index contributed by atoms with van der Waals surface area (Å²) in [6.07, 6.45) is -0.114. The Labute approximate surface area is 266 Å². The number of nitrogens with one attached hydrogen (secondary N) is 4. The van der Waals surface area contributed by atoms with Crippen molar-refractivity contribution in [3.8, 4) is 17.2 Å². The number of carbonyl (C=O) groups is 2. The van der Waals surface area contributed by atoms with Crippen molar-refractivity contribution in [2.75, 3.05) is 37.8 Å². The maximum atomic E-state index is 12.7. The van der Waals surface area contributed by atoms with Gasteiger partial charge in [0.2, 0.25) is 5.91 Å². The standard InChI is InChI=1S/C32H37ClN6O6/c1-3-34-29(42)18-25-31-38-37-19(2)39(31)26-10-9-23(17-24(26)30(36-25)20-4-7-22(33)8-5-20)45-15-14-44-13-12-35-32(43)21-6-11-27(40)28(41)16-21/h4-11,16-17,19,25,31,37-38,40-41H,3,12-15,18H2,1-2H3,(H,34,42)(H,35,43). The molecule has 13 heteroatoms. The summed E-state index contributed by atoms with van der Waals surface area (Å²) in [5.74, 6) is -0.477. The van der Waals surface area contributed by atoms with E-state index in [0.29, 0.717) is 23.9 Å². The molecule has 3 aromatic rings. The zero-order valence-corrected chi connectivity index (χ0v) is 25.8. The maximum Gasteiger partial charge on any atom is 0.251 e. The van der Waals surface area contributed by atoms with E-state index in [9.17, 15) is 19.8 Å². The molecule has 238 valence electrons. The normalized spacial score (nSPS) is 18.8. The van der Waals surface area contributed by atoms with Gasteiger partial charge in [0.15, 0.2) is 11.5 Å². The Balaban J connectivity index is 1.27. The second-order valence-corrected chi connectivity index (χ2v) is 11.1. The molecule has 2 amide bonds. The van der Waals surface area contributed by atoms with Crippen LogP contribution in [-0.2, 0) is 9.53 Å². The van der Waals surface area contributed by atoms with Crippen LogP contribution < -0.4 is 31.1 Å². The fourth-order valence-electron chi connectivity index (χ4n) is 5.33. The predicted molar refractivity (Wildman–Crippen MR) is 171 cm³/mol. The maximum absolute atomic E-state index is 12.7. The third-order valence-electron chi connectivity index (χ3n) is 7.47. The van der Waals surface area contributed by atoms with Gasteiger partial charge in [-0.1, -0.05) is 23.7 Å². The molecule has 5 rings (SSSR count). The Kier molecular flexibility index (Phi) is 10.4. The van der Waals surface area contributed by atoms with Crippen molar-refractivity contribution in [3.05, 3.63) is 82.4 Å². The number of ether oxygens (including phenoxy) is 2. The zero-order chi connectivity index (χ0) is 31.9. The highest BCUT2D eigenvalue weighted by Gasteiger charge is 2.40. The van der Waals surface area contributed by atoms with E-state index in [-0.39, 0.29) is 73.4 Å². The van der Waals surface area contributed by atoms with E-state index in [0.717, 1.165) is 22.5 Å². The van der Waals surface area contributed by atoms with Crippen LogP contribution >= 0.6 is 11.6 Å². The Morgan fingerprint density at radius 2 is 1.78 bits per heavy atom. The van der Waals surface area contributed by atoms with Crippen LogP contribution in [0.1, 0.15) is 41.8 Å². The molecule has 0 spiro atoms. The lowest BCUT2D eigenvalue weighted by Crippen LogP contribution is -2.47. The monoisotopic (exact) mass is 636 g/mol. The fraction of sp³-hybridized carbons (Fsp3) is 0.344. The van der Waals surface area contributed by atoms with Crippen molar-refractivity contribution in [1.29, 1.82) is 0 Å². The smallest absolute Gasteiger partial charge is 0.251 e. The fourth-order valence-corrected chi connectivity index (χ4v) is 5.46. The first-order valence-corrected chi connectivity index (χ1v) is 15.2. The van der Waals surface area contributed by atoms with Gasteiger partial charge in [0, 0.05) is 40.5 Å². The second kappa shape index (κ2) is 14.6. The minimum Gasteiger partial charge on any atom is -0.504 e. The van der Waals surface area contributed by atoms with Gasteiger partial charge >= 0.3 is 0 Å². The van der Waals surface area contributed by atoms with E-state index >= 15 is 0 Å². The molecule has 0 radical (unpaired) electrons. The molecule has 0 aliphatic carbocycles. The highest BCUT2D eigenvalue weighted by molar-refractivity contribution is 6.30. The third kappa shape index (κ3) is 7.66. The van der Waals surface area contributed by atoms with Crippen LogP contribution in [0.15, 0.2) is 65.7 Å². The number of rotatable bonds is 12. The van der Waals surface area contributed by atoms with Crippen LogP contribution in [-0.4, -0.2) is 79.0 Å². The van der Waals surface area contributed by atoms with Gasteiger partial charge in [-0.15, -0.1) is 0 Å². The van der Waals surface area contributed by atoms with E-state index in [4.69, 9.17) is 26.1 Å². The quantitative estimate of drug-likeness (QED) is 0.130. The molecule has 12 nitrogen and oxygen atoms in total. The number of benzene rings is 3. The Bertz CT molecular complexity index is 1550. The summed E-state index contributed by atoms with van der Waals surface area (Å²) < 4.78 is 11.7. The van der Waals surface area contributed by atoms with Crippen LogP contribution in [0.2, 0.25) is 5.02 Å². The SMILES string of the molecule is CCNC(=O)CC1N=C(c2ccc(Cl)cc2)c2cc(OCCOCCNC(=O)c3ccc(O)c(O)c3)ccc2N2C(C)NNC12. The minimum absolute atomic E-state index is 0.0642. The number of halogens is 1. The van der Waals surface area contributed by atoms with Gasteiger partial charge < -0.3 is 35.2 Å². The van der Waals surface area contributed by atoms with E-state index in [2.05, 4.69) is 26.4 Å². The number of phenolic OH excluding ortho intramolecular Hbond substituents is 2. The number of fused-ring (bicyclic) bond motifs is 3. The molecule has 1 fully saturated rings. The van der Waals surface area contributed by atoms with Gasteiger partial charge in [0.05, 0.1) is 37.6 Å². The van der Waals surface area contributed by atoms with Crippen molar-refractivity contribution >= 4 is 34.8 Å². The van der Waals surface area contributed by atoms with Crippen LogP contribution in [0.3, 0.4) is 0 Å². The molecule has 1 saturated heterocycles. The van der Waals surface area contributed by atoms with Crippen molar-refractivity contribution < 1.29 is 29.3 Å². The van der Waals surface area contributed by atoms with Gasteiger partial charge in [-0.3, -0.25) is 14.6 Å². The number of aromatic hydroxyl groups is 2. The number of nitrogens with zero attached hydrogens (tertiary/aromatic N) is 2. The average molecular weight is 637 g/mol. The van der Waals surface area contributed by atoms with Crippen LogP contribution in [0.25, 0.3) is 0 Å². The first-order chi connectivity index (χ1) is 21.7. The van der Waals surface area contributed by atoms with Crippen molar-refractivity contribution in [2.24, 2.45) is 4.99 Å². The molecule has 2 aliphatic heterocycles. The van der Waals surface area contributed by atoms with Crippen molar-refractivity contribution in [2.45, 2.75) is 38.6 Å². The summed E-state index contributed by atoms with van der Waals surface area (Å²) in [6, 6.07) is 16.8. The Morgan fingerprint density at radius 3 is 2.53 bits per heavy atom. The summed E-state index contributed by atoms with van der Waals surface area (Å²) in [5.41, 5.74) is 10.3. The molecule has 3 atom stereocenters. The summed E-state index contributed by atoms with van der Waals surface area (Å²) in [5, 5.41) is 25.2. The minimum atomic E-state index is -0.388. The van der Waals surface area contributed by atoms with Crippen molar-refractivity contribution in [3.63, 3.8) is 0 Å². The first kappa shape index (κ1) is 32.0. The number of hydrazine groups is 1. The highest BCUT2D eigenvalue weighted by Crippen LogP contribution is 2.36. The number of phenols is 2. The highest BCUT2D eigenvalue weighted by atomic mass is 35.5. The zero-order valence-electron chi connectivity index (χ0n) is 25.0. The van der Waals surface area contributed by atoms with Crippen LogP contribution in [0.5, 0.6) is 17.2 Å². The lowest BCUT2D eigenvalue weighted by Gasteiger charge is -2.31.